The van der Waals surface area contributed by atoms with E-state index in [0.29, 0.717) is 9.81 Å². The predicted molar refractivity (Wildman–Crippen MR) is 38.7 cm³/mol. The van der Waals surface area contributed by atoms with E-state index < -0.39 is 0 Å². The Balaban J connectivity index is 2.43. The van der Waals surface area contributed by atoms with Crippen LogP contribution in [-0.2, 0) is 9.59 Å². The average molecular weight is 168 g/mol. The van der Waals surface area contributed by atoms with Crippen LogP contribution in [0, 0.1) is 12.2 Å². The predicted octanol–water partition coefficient (Wildman–Crippen LogP) is 0.907. The molecule has 2 aliphatic heterocycles. The third kappa shape index (κ3) is 0.839. The Morgan fingerprint density at radius 1 is 0.900 bits per heavy atom. The molecular formula is C6O2S2. The van der Waals surface area contributed by atoms with Crippen molar-refractivity contribution in [3.05, 3.63) is 22.0 Å². The summed E-state index contributed by atoms with van der Waals surface area (Å²) in [5, 5.41) is -0.255. The average Bonchev–Trinajstić information content (AvgIpc) is 2.21. The van der Waals surface area contributed by atoms with Crippen molar-refractivity contribution >= 4 is 33.8 Å². The van der Waals surface area contributed by atoms with Crippen molar-refractivity contribution in [1.29, 1.82) is 0 Å². The molecule has 0 aliphatic carbocycles. The Hall–Kier alpha value is -0.480. The van der Waals surface area contributed by atoms with Gasteiger partial charge in [0.2, 0.25) is 10.2 Å². The molecule has 0 fully saturated rings. The lowest BCUT2D eigenvalue weighted by atomic mass is 10.4. The summed E-state index contributed by atoms with van der Waals surface area (Å²) in [6.45, 7) is 0. The van der Waals surface area contributed by atoms with Crippen molar-refractivity contribution in [2.45, 2.75) is 0 Å². The van der Waals surface area contributed by atoms with E-state index in [0.717, 1.165) is 23.5 Å². The normalized spacial score (nSPS) is 22.8. The number of carbonyl (C=O) groups excluding carboxylic acids is 2. The first-order valence-electron chi connectivity index (χ1n) is 2.47. The highest BCUT2D eigenvalue weighted by atomic mass is 32.2. The molecule has 0 aromatic carbocycles. The number of hydrogen-bond acceptors (Lipinski definition) is 4. The Morgan fingerprint density at radius 2 is 1.30 bits per heavy atom. The lowest BCUT2D eigenvalue weighted by molar-refractivity contribution is -0.107. The topological polar surface area (TPSA) is 34.1 Å². The van der Waals surface area contributed by atoms with E-state index in [2.05, 4.69) is 12.2 Å². The fourth-order valence-electron chi connectivity index (χ4n) is 0.679. The van der Waals surface area contributed by atoms with Gasteiger partial charge in [-0.05, 0) is 23.5 Å². The van der Waals surface area contributed by atoms with Crippen molar-refractivity contribution in [1.82, 2.24) is 0 Å². The van der Waals surface area contributed by atoms with Crippen molar-refractivity contribution in [2.75, 3.05) is 0 Å². The van der Waals surface area contributed by atoms with Crippen LogP contribution in [0.1, 0.15) is 0 Å². The molecule has 0 bridgehead atoms. The molecule has 4 heteroatoms. The van der Waals surface area contributed by atoms with Crippen LogP contribution >= 0.6 is 23.5 Å². The van der Waals surface area contributed by atoms with Gasteiger partial charge in [0.15, 0.2) is 0 Å². The minimum absolute atomic E-state index is 0.127. The smallest absolute Gasteiger partial charge is 0.226 e. The molecular weight excluding hydrogens is 168 g/mol. The van der Waals surface area contributed by atoms with Gasteiger partial charge in [0.05, 0.1) is 12.2 Å². The first-order chi connectivity index (χ1) is 4.75. The van der Waals surface area contributed by atoms with Crippen LogP contribution in [0.3, 0.4) is 0 Å². The van der Waals surface area contributed by atoms with Gasteiger partial charge in [0, 0.05) is 9.81 Å². The summed E-state index contributed by atoms with van der Waals surface area (Å²) in [6.07, 6.45) is 5.06. The summed E-state index contributed by atoms with van der Waals surface area (Å²) < 4.78 is 0. The first-order valence-corrected chi connectivity index (χ1v) is 4.11. The molecule has 2 rings (SSSR count). The molecule has 0 amide bonds. The van der Waals surface area contributed by atoms with Crippen LogP contribution in [0.2, 0.25) is 0 Å². The van der Waals surface area contributed by atoms with E-state index in [1.54, 1.807) is 0 Å². The molecule has 48 valence electrons. The second-order valence-corrected chi connectivity index (χ2v) is 3.65. The minimum atomic E-state index is -0.127. The van der Waals surface area contributed by atoms with Gasteiger partial charge in [-0.3, -0.25) is 9.59 Å². The molecule has 2 heterocycles. The zero-order valence-electron chi connectivity index (χ0n) is 4.63. The molecule has 0 saturated carbocycles. The second kappa shape index (κ2) is 2.00. The fourth-order valence-corrected chi connectivity index (χ4v) is 2.31. The lowest BCUT2D eigenvalue weighted by Gasteiger charge is -1.83. The summed E-state index contributed by atoms with van der Waals surface area (Å²) in [5.41, 5.74) is 0. The molecule has 10 heavy (non-hydrogen) atoms. The lowest BCUT2D eigenvalue weighted by Crippen LogP contribution is -1.79. The monoisotopic (exact) mass is 168 g/mol. The SMILES string of the molecule is O=C1[C]=C2SC(=O)[C]=C2S1. The quantitative estimate of drug-likeness (QED) is 0.538. The molecule has 0 saturated heterocycles. The fraction of sp³-hybridized carbons (Fsp3) is 0. The van der Waals surface area contributed by atoms with Gasteiger partial charge in [0.25, 0.3) is 0 Å². The van der Waals surface area contributed by atoms with Gasteiger partial charge < -0.3 is 0 Å². The van der Waals surface area contributed by atoms with Crippen molar-refractivity contribution < 1.29 is 9.59 Å². The van der Waals surface area contributed by atoms with E-state index >= 15 is 0 Å². The molecule has 2 radical (unpaired) electrons. The molecule has 0 N–H and O–H groups in total. The van der Waals surface area contributed by atoms with E-state index in [1.165, 1.54) is 0 Å². The second-order valence-electron chi connectivity index (χ2n) is 1.69. The van der Waals surface area contributed by atoms with Crippen LogP contribution in [0.4, 0.5) is 0 Å². The maximum Gasteiger partial charge on any atom is 0.226 e. The van der Waals surface area contributed by atoms with Crippen molar-refractivity contribution in [3.63, 3.8) is 0 Å². The van der Waals surface area contributed by atoms with Gasteiger partial charge in [-0.1, -0.05) is 0 Å². The summed E-state index contributed by atoms with van der Waals surface area (Å²) in [7, 11) is 0. The third-order valence-electron chi connectivity index (χ3n) is 1.03. The first kappa shape index (κ1) is 6.24. The highest BCUT2D eigenvalue weighted by Gasteiger charge is 2.28. The van der Waals surface area contributed by atoms with Gasteiger partial charge in [0.1, 0.15) is 0 Å². The number of rotatable bonds is 0. The Labute approximate surface area is 65.7 Å². The molecule has 0 aromatic heterocycles. The summed E-state index contributed by atoms with van der Waals surface area (Å²) in [6, 6.07) is 0. The maximum atomic E-state index is 10.6. The van der Waals surface area contributed by atoms with Crippen LogP contribution in [0.5, 0.6) is 0 Å². The van der Waals surface area contributed by atoms with Crippen molar-refractivity contribution in [3.8, 4) is 0 Å². The third-order valence-corrected chi connectivity index (χ3v) is 2.75. The Morgan fingerprint density at radius 3 is 1.70 bits per heavy atom. The van der Waals surface area contributed by atoms with E-state index in [4.69, 9.17) is 0 Å². The summed E-state index contributed by atoms with van der Waals surface area (Å²) in [5.74, 6) is 0. The number of carbonyl (C=O) groups is 2. The van der Waals surface area contributed by atoms with Crippen LogP contribution in [-0.4, -0.2) is 10.2 Å². The zero-order chi connectivity index (χ0) is 7.14. The zero-order valence-corrected chi connectivity index (χ0v) is 6.27. The summed E-state index contributed by atoms with van der Waals surface area (Å²) in [4.78, 5) is 22.5. The Kier molecular flexibility index (Phi) is 1.25. The molecule has 0 atom stereocenters. The standard InChI is InChI=1S/C6O2S2/c7-5-1-3-4(10-5)2-6(8)9-3. The van der Waals surface area contributed by atoms with Gasteiger partial charge >= 0.3 is 0 Å². The molecule has 0 unspecified atom stereocenters. The molecule has 2 aliphatic rings. The van der Waals surface area contributed by atoms with Crippen LogP contribution < -0.4 is 0 Å². The van der Waals surface area contributed by atoms with Gasteiger partial charge in [-0.25, -0.2) is 0 Å². The maximum absolute atomic E-state index is 10.6. The molecule has 2 nitrogen and oxygen atoms in total. The Bertz CT molecular complexity index is 258. The van der Waals surface area contributed by atoms with Gasteiger partial charge in [-0.2, -0.15) is 0 Å². The summed E-state index contributed by atoms with van der Waals surface area (Å²) >= 11 is 2.03. The highest BCUT2D eigenvalue weighted by Crippen LogP contribution is 2.43. The van der Waals surface area contributed by atoms with Crippen LogP contribution in [0.15, 0.2) is 9.81 Å². The molecule has 0 aromatic rings. The van der Waals surface area contributed by atoms with E-state index in [1.807, 2.05) is 0 Å². The highest BCUT2D eigenvalue weighted by molar-refractivity contribution is 8.24. The molecule has 0 spiro atoms. The van der Waals surface area contributed by atoms with Crippen molar-refractivity contribution in [2.24, 2.45) is 0 Å². The van der Waals surface area contributed by atoms with Crippen LogP contribution in [0.25, 0.3) is 0 Å². The largest absolute Gasteiger partial charge is 0.281 e. The number of thioether (sulfide) groups is 2. The number of fused-ring (bicyclic) bond motifs is 1. The number of hydrogen-bond donors (Lipinski definition) is 0. The van der Waals surface area contributed by atoms with E-state index in [9.17, 15) is 9.59 Å². The van der Waals surface area contributed by atoms with E-state index in [-0.39, 0.29) is 10.2 Å². The minimum Gasteiger partial charge on any atom is -0.281 e. The van der Waals surface area contributed by atoms with Gasteiger partial charge in [-0.15, -0.1) is 0 Å².